The second kappa shape index (κ2) is 8.04. The maximum absolute atomic E-state index is 11.6. The van der Waals surface area contributed by atoms with E-state index in [1.165, 1.54) is 0 Å². The van der Waals surface area contributed by atoms with E-state index in [1.54, 1.807) is 0 Å². The third-order valence-electron chi connectivity index (χ3n) is 6.52. The maximum Gasteiger partial charge on any atom is 0.155 e. The van der Waals surface area contributed by atoms with Crippen LogP contribution in [0.3, 0.4) is 0 Å². The Bertz CT molecular complexity index is 788. The van der Waals surface area contributed by atoms with E-state index in [0.29, 0.717) is 0 Å². The van der Waals surface area contributed by atoms with Gasteiger partial charge in [0, 0.05) is 35.5 Å². The second-order valence-electron chi connectivity index (χ2n) is 7.67. The van der Waals surface area contributed by atoms with Crippen molar-refractivity contribution in [1.82, 2.24) is 0 Å². The van der Waals surface area contributed by atoms with Crippen LogP contribution in [0.4, 0.5) is 0 Å². The number of hydrogen-bond acceptors (Lipinski definition) is 6. The quantitative estimate of drug-likeness (QED) is 0.356. The van der Waals surface area contributed by atoms with E-state index in [0.717, 1.165) is 0 Å². The molecule has 0 saturated heterocycles. The van der Waals surface area contributed by atoms with Gasteiger partial charge in [0.15, 0.2) is 24.1 Å². The summed E-state index contributed by atoms with van der Waals surface area (Å²) >= 11 is 0. The Balaban J connectivity index is 0.000000200. The van der Waals surface area contributed by atoms with E-state index >= 15 is 0 Å². The van der Waals surface area contributed by atoms with Crippen molar-refractivity contribution >= 4 is 11.6 Å². The Kier molecular flexibility index (Phi) is 6.30. The molecule has 6 nitrogen and oxygen atoms in total. The molecule has 0 heterocycles. The van der Waals surface area contributed by atoms with E-state index in [2.05, 4.69) is 23.7 Å². The van der Waals surface area contributed by atoms with Gasteiger partial charge >= 0.3 is 0 Å². The van der Waals surface area contributed by atoms with Gasteiger partial charge in [0.25, 0.3) is 0 Å². The van der Waals surface area contributed by atoms with Gasteiger partial charge in [0.2, 0.25) is 0 Å². The van der Waals surface area contributed by atoms with Crippen molar-refractivity contribution in [3.63, 3.8) is 0 Å². The molecular formula is C23H24O6. The number of carbonyl (C=O) groups excluding carboxylic acids is 2. The molecule has 4 fully saturated rings. The number of rotatable bonds is 2. The molecule has 0 aromatic heterocycles. The Morgan fingerprint density at radius 2 is 0.966 bits per heavy atom. The first-order valence-corrected chi connectivity index (χ1v) is 8.91. The van der Waals surface area contributed by atoms with Crippen LogP contribution in [0.15, 0.2) is 0 Å². The molecule has 6 heteroatoms. The third kappa shape index (κ3) is 3.26. The molecule has 0 aliphatic heterocycles. The van der Waals surface area contributed by atoms with Gasteiger partial charge in [-0.2, -0.15) is 0 Å². The van der Waals surface area contributed by atoms with Crippen LogP contribution < -0.4 is 0 Å². The zero-order valence-electron chi connectivity index (χ0n) is 14.8. The molecule has 4 rings (SSSR count). The molecule has 10 unspecified atom stereocenters. The summed E-state index contributed by atoms with van der Waals surface area (Å²) in [5.74, 6) is 6.19. The highest BCUT2D eigenvalue weighted by molar-refractivity contribution is 5.93. The van der Waals surface area contributed by atoms with Gasteiger partial charge in [-0.3, -0.25) is 9.59 Å². The molecule has 0 spiro atoms. The summed E-state index contributed by atoms with van der Waals surface area (Å²) in [6.45, 7) is 0. The van der Waals surface area contributed by atoms with Crippen LogP contribution in [0.25, 0.3) is 0 Å². The van der Waals surface area contributed by atoms with Gasteiger partial charge in [0.05, 0.1) is 11.8 Å². The minimum absolute atomic E-state index is 0. The van der Waals surface area contributed by atoms with E-state index in [1.807, 2.05) is 0 Å². The van der Waals surface area contributed by atoms with Gasteiger partial charge in [-0.25, -0.2) is 0 Å². The van der Waals surface area contributed by atoms with Gasteiger partial charge in [-0.05, 0) is 11.8 Å². The number of hydrogen-bond donors (Lipinski definition) is 4. The molecule has 29 heavy (non-hydrogen) atoms. The largest absolute Gasteiger partial charge is 0.368 e. The van der Waals surface area contributed by atoms with Gasteiger partial charge in [-0.15, -0.1) is 37.5 Å². The Morgan fingerprint density at radius 3 is 1.17 bits per heavy atom. The van der Waals surface area contributed by atoms with Crippen molar-refractivity contribution in [2.24, 2.45) is 59.2 Å². The highest BCUT2D eigenvalue weighted by Gasteiger charge is 2.69. The lowest BCUT2D eigenvalue weighted by Gasteiger charge is -2.14. The first-order chi connectivity index (χ1) is 13.3. The zero-order valence-corrected chi connectivity index (χ0v) is 14.8. The maximum atomic E-state index is 11.6. The van der Waals surface area contributed by atoms with Crippen molar-refractivity contribution in [2.75, 3.05) is 0 Å². The number of fused-ring (bicyclic) bond motifs is 2. The van der Waals surface area contributed by atoms with Gasteiger partial charge in [-0.1, -0.05) is 19.3 Å². The predicted octanol–water partition coefficient (Wildman–Crippen LogP) is -0.882. The third-order valence-corrected chi connectivity index (χ3v) is 6.52. The van der Waals surface area contributed by atoms with Crippen molar-refractivity contribution in [3.8, 4) is 49.4 Å². The Hall–Kier alpha value is -2.58. The van der Waals surface area contributed by atoms with Crippen LogP contribution in [0, 0.1) is 109 Å². The fraction of sp³-hybridized carbons (Fsp3) is 0.565. The average molecular weight is 396 g/mol. The standard InChI is InChI=1S/2C11H10O3.CH4/c2*1-3-5-6(4-2)10(12)8-7(5)9(8)11(13)14;/h2*1-2,5-9,11,13-14H;1H4. The Morgan fingerprint density at radius 1 is 0.655 bits per heavy atom. The Labute approximate surface area is 170 Å². The summed E-state index contributed by atoms with van der Waals surface area (Å²) in [6.07, 6.45) is 18.1. The van der Waals surface area contributed by atoms with Crippen LogP contribution in [0.2, 0.25) is 0 Å². The molecule has 0 aromatic rings. The summed E-state index contributed by atoms with van der Waals surface area (Å²) in [7, 11) is 0. The molecule has 0 bridgehead atoms. The van der Waals surface area contributed by atoms with Crippen LogP contribution in [0.1, 0.15) is 7.43 Å². The van der Waals surface area contributed by atoms with Gasteiger partial charge < -0.3 is 20.4 Å². The fourth-order valence-electron chi connectivity index (χ4n) is 5.17. The summed E-state index contributed by atoms with van der Waals surface area (Å²) in [6, 6.07) is 0. The first kappa shape index (κ1) is 22.7. The summed E-state index contributed by atoms with van der Waals surface area (Å²) < 4.78 is 0. The second-order valence-corrected chi connectivity index (χ2v) is 7.67. The first-order valence-electron chi connectivity index (χ1n) is 8.91. The number of ketones is 2. The molecule has 0 radical (unpaired) electrons. The molecule has 10 atom stereocenters. The number of carbonyl (C=O) groups is 2. The molecule has 4 aliphatic rings. The summed E-state index contributed by atoms with van der Waals surface area (Å²) in [4.78, 5) is 23.2. The van der Waals surface area contributed by atoms with E-state index < -0.39 is 36.3 Å². The minimum atomic E-state index is -1.46. The molecule has 4 aliphatic carbocycles. The highest BCUT2D eigenvalue weighted by Crippen LogP contribution is 2.62. The molecule has 4 N–H and O–H groups in total. The molecule has 4 saturated carbocycles. The monoisotopic (exact) mass is 396 g/mol. The van der Waals surface area contributed by atoms with E-state index in [9.17, 15) is 9.59 Å². The number of terminal acetylenes is 4. The number of aliphatic hydroxyl groups excluding tert-OH is 2. The van der Waals surface area contributed by atoms with E-state index in [4.69, 9.17) is 46.1 Å². The topological polar surface area (TPSA) is 115 Å². The van der Waals surface area contributed by atoms with Crippen molar-refractivity contribution in [3.05, 3.63) is 0 Å². The van der Waals surface area contributed by atoms with E-state index in [-0.39, 0.29) is 54.5 Å². The smallest absolute Gasteiger partial charge is 0.155 e. The van der Waals surface area contributed by atoms with Crippen LogP contribution in [-0.2, 0) is 9.59 Å². The lowest BCUT2D eigenvalue weighted by atomic mass is 9.89. The minimum Gasteiger partial charge on any atom is -0.368 e. The predicted molar refractivity (Wildman–Crippen MR) is 103 cm³/mol. The number of Topliss-reactive ketones (excluding diaryl/α,β-unsaturated/α-hetero) is 2. The number of aliphatic hydroxyl groups is 4. The lowest BCUT2D eigenvalue weighted by Crippen LogP contribution is -2.24. The van der Waals surface area contributed by atoms with Gasteiger partial charge in [0.1, 0.15) is 0 Å². The van der Waals surface area contributed by atoms with Crippen LogP contribution in [-0.4, -0.2) is 44.6 Å². The highest BCUT2D eigenvalue weighted by atomic mass is 16.5. The average Bonchev–Trinajstić information content (AvgIpc) is 3.52. The summed E-state index contributed by atoms with van der Waals surface area (Å²) in [5, 5.41) is 35.9. The van der Waals surface area contributed by atoms with Crippen molar-refractivity contribution in [2.45, 2.75) is 20.0 Å². The summed E-state index contributed by atoms with van der Waals surface area (Å²) in [5.41, 5.74) is 0. The van der Waals surface area contributed by atoms with Crippen LogP contribution in [0.5, 0.6) is 0 Å². The molecular weight excluding hydrogens is 372 g/mol. The molecule has 152 valence electrons. The molecule has 0 aromatic carbocycles. The normalized spacial score (nSPS) is 42.8. The zero-order chi connectivity index (χ0) is 20.9. The molecule has 0 amide bonds. The van der Waals surface area contributed by atoms with Crippen molar-refractivity contribution in [1.29, 1.82) is 0 Å². The lowest BCUT2D eigenvalue weighted by molar-refractivity contribution is -0.125. The van der Waals surface area contributed by atoms with Crippen LogP contribution >= 0.6 is 0 Å². The van der Waals surface area contributed by atoms with Crippen molar-refractivity contribution < 1.29 is 30.0 Å². The fourth-order valence-corrected chi connectivity index (χ4v) is 5.17. The SMILES string of the molecule is C.C#CC1C(=O)C2C(C(O)O)C2C1C#C.C#CC1C(=O)C2C(C(O)O)C2C1C#C.